The fourth-order valence-electron chi connectivity index (χ4n) is 8.64. The topological polar surface area (TPSA) is 194 Å². The monoisotopic (exact) mass is 814 g/mol. The second kappa shape index (κ2) is 16.2. The largest absolute Gasteiger partial charge is 0.489 e. The van der Waals surface area contributed by atoms with Crippen LogP contribution in [0.4, 0.5) is 30.5 Å². The lowest BCUT2D eigenvalue weighted by molar-refractivity contribution is -0.138. The number of amides is 5. The predicted molar refractivity (Wildman–Crippen MR) is 203 cm³/mol. The molecule has 308 valence electrons. The molecule has 19 heteroatoms. The molecular formula is C40H41F3N10O6. The molecular weight excluding hydrogens is 773 g/mol. The normalized spacial score (nSPS) is 22.9. The maximum Gasteiger partial charge on any atom is 0.419 e. The van der Waals surface area contributed by atoms with Crippen LogP contribution in [0.5, 0.6) is 5.75 Å². The van der Waals surface area contributed by atoms with E-state index in [0.717, 1.165) is 81.5 Å². The van der Waals surface area contributed by atoms with Gasteiger partial charge >= 0.3 is 6.18 Å². The van der Waals surface area contributed by atoms with Gasteiger partial charge in [0.25, 0.3) is 11.8 Å². The van der Waals surface area contributed by atoms with Gasteiger partial charge in [0.05, 0.1) is 29.0 Å². The molecule has 3 aromatic rings. The smallest absolute Gasteiger partial charge is 0.419 e. The number of alkyl halides is 3. The molecule has 2 N–H and O–H groups in total. The van der Waals surface area contributed by atoms with Gasteiger partial charge < -0.3 is 19.9 Å². The number of piperidine rings is 2. The minimum Gasteiger partial charge on any atom is -0.489 e. The predicted octanol–water partition coefficient (Wildman–Crippen LogP) is 3.39. The fourth-order valence-corrected chi connectivity index (χ4v) is 8.64. The van der Waals surface area contributed by atoms with Gasteiger partial charge in [-0.3, -0.25) is 39.1 Å². The van der Waals surface area contributed by atoms with Gasteiger partial charge in [0.15, 0.2) is 17.3 Å². The van der Waals surface area contributed by atoms with Crippen LogP contribution in [0.2, 0.25) is 0 Å². The van der Waals surface area contributed by atoms with Crippen molar-refractivity contribution < 1.29 is 41.9 Å². The number of halogens is 3. The molecule has 0 spiro atoms. The number of nitriles is 1. The minimum atomic E-state index is -4.75. The molecule has 1 unspecified atom stereocenters. The lowest BCUT2D eigenvalue weighted by atomic mass is 9.96. The SMILES string of the molecule is N#Cc1ncc(O[C@H]2CC[C@H](C(=O)Nc3ccc(N4CCC(CN5CCN(c6ccc7c(c6)C(=O)N(C6CCC(=O)NC6=O)C7=O)CC5)CC4)nn3)C2)cc1C(F)(F)F. The number of anilines is 3. The highest BCUT2D eigenvalue weighted by molar-refractivity contribution is 6.23. The van der Waals surface area contributed by atoms with Gasteiger partial charge in [0.1, 0.15) is 17.9 Å². The second-order valence-electron chi connectivity index (χ2n) is 15.6. The summed E-state index contributed by atoms with van der Waals surface area (Å²) in [6, 6.07) is 9.97. The Balaban J connectivity index is 0.763. The highest BCUT2D eigenvalue weighted by Crippen LogP contribution is 2.36. The van der Waals surface area contributed by atoms with Crippen LogP contribution in [0.15, 0.2) is 42.6 Å². The Morgan fingerprint density at radius 2 is 1.66 bits per heavy atom. The van der Waals surface area contributed by atoms with Crippen molar-refractivity contribution in [1.82, 2.24) is 30.3 Å². The number of nitrogens with one attached hydrogen (secondary N) is 2. The minimum absolute atomic E-state index is 0.0706. The zero-order valence-electron chi connectivity index (χ0n) is 31.9. The Morgan fingerprint density at radius 1 is 0.898 bits per heavy atom. The van der Waals surface area contributed by atoms with Gasteiger partial charge in [-0.2, -0.15) is 18.4 Å². The molecule has 16 nitrogen and oxygen atoms in total. The van der Waals surface area contributed by atoms with Crippen LogP contribution in [-0.2, 0) is 20.6 Å². The summed E-state index contributed by atoms with van der Waals surface area (Å²) in [5, 5.41) is 22.6. The summed E-state index contributed by atoms with van der Waals surface area (Å²) >= 11 is 0. The van der Waals surface area contributed by atoms with Crippen molar-refractivity contribution in [1.29, 1.82) is 5.26 Å². The average Bonchev–Trinajstić information content (AvgIpc) is 3.79. The van der Waals surface area contributed by atoms with E-state index >= 15 is 0 Å². The number of pyridine rings is 1. The number of imide groups is 2. The molecule has 3 saturated heterocycles. The van der Waals surface area contributed by atoms with E-state index in [9.17, 15) is 37.1 Å². The molecule has 2 aromatic heterocycles. The molecule has 0 radical (unpaired) electrons. The molecule has 5 amide bonds. The summed E-state index contributed by atoms with van der Waals surface area (Å²) in [6.45, 7) is 5.78. The van der Waals surface area contributed by atoms with E-state index in [1.165, 1.54) is 6.07 Å². The Kier molecular flexibility index (Phi) is 10.9. The van der Waals surface area contributed by atoms with E-state index in [1.807, 2.05) is 12.1 Å². The van der Waals surface area contributed by atoms with Crippen molar-refractivity contribution in [2.24, 2.45) is 11.8 Å². The summed E-state index contributed by atoms with van der Waals surface area (Å²) in [4.78, 5) is 74.8. The second-order valence-corrected chi connectivity index (χ2v) is 15.6. The number of hydrogen-bond acceptors (Lipinski definition) is 13. The van der Waals surface area contributed by atoms with Crippen molar-refractivity contribution in [3.63, 3.8) is 0 Å². The third-order valence-electron chi connectivity index (χ3n) is 11.8. The summed E-state index contributed by atoms with van der Waals surface area (Å²) in [5.74, 6) is -1.35. The molecule has 3 atom stereocenters. The lowest BCUT2D eigenvalue weighted by Crippen LogP contribution is -2.54. The van der Waals surface area contributed by atoms with Crippen LogP contribution in [0, 0.1) is 23.2 Å². The first-order valence-corrected chi connectivity index (χ1v) is 19.7. The quantitative estimate of drug-likeness (QED) is 0.299. The zero-order chi connectivity index (χ0) is 41.4. The number of hydrogen-bond donors (Lipinski definition) is 2. The van der Waals surface area contributed by atoms with Gasteiger partial charge in [-0.15, -0.1) is 10.2 Å². The van der Waals surface area contributed by atoms with Gasteiger partial charge in [-0.1, -0.05) is 0 Å². The summed E-state index contributed by atoms with van der Waals surface area (Å²) < 4.78 is 45.7. The van der Waals surface area contributed by atoms with Crippen LogP contribution in [0.25, 0.3) is 0 Å². The van der Waals surface area contributed by atoms with Crippen molar-refractivity contribution in [3.05, 3.63) is 65.0 Å². The van der Waals surface area contributed by atoms with Crippen molar-refractivity contribution >= 4 is 46.9 Å². The average molecular weight is 815 g/mol. The number of benzene rings is 1. The number of ether oxygens (including phenoxy) is 1. The van der Waals surface area contributed by atoms with Gasteiger partial charge in [0.2, 0.25) is 17.7 Å². The van der Waals surface area contributed by atoms with E-state index in [0.29, 0.717) is 36.8 Å². The Labute approximate surface area is 336 Å². The Bertz CT molecular complexity index is 2200. The molecule has 8 rings (SSSR count). The summed E-state index contributed by atoms with van der Waals surface area (Å²) in [6.07, 6.45) is -0.754. The van der Waals surface area contributed by atoms with Crippen molar-refractivity contribution in [3.8, 4) is 11.8 Å². The van der Waals surface area contributed by atoms with Gasteiger partial charge in [-0.25, -0.2) is 4.98 Å². The molecule has 4 fully saturated rings. The highest BCUT2D eigenvalue weighted by Gasteiger charge is 2.45. The molecule has 4 aliphatic heterocycles. The van der Waals surface area contributed by atoms with Crippen molar-refractivity contribution in [2.75, 3.05) is 60.9 Å². The van der Waals surface area contributed by atoms with E-state index in [1.54, 1.807) is 18.2 Å². The van der Waals surface area contributed by atoms with Crippen LogP contribution >= 0.6 is 0 Å². The summed E-state index contributed by atoms with van der Waals surface area (Å²) in [5.41, 5.74) is -0.503. The van der Waals surface area contributed by atoms with Crippen LogP contribution in [-0.4, -0.2) is 112 Å². The number of piperazine rings is 1. The number of fused-ring (bicyclic) bond motifs is 1. The number of nitrogens with zero attached hydrogens (tertiary/aromatic N) is 8. The molecule has 1 aromatic carbocycles. The molecule has 5 aliphatic rings. The third-order valence-corrected chi connectivity index (χ3v) is 11.8. The first-order valence-electron chi connectivity index (χ1n) is 19.7. The standard InChI is InChI=1S/C40H41F3N10O6/c41-40(42,43)30-19-27(21-45-31(30)20-44)59-26-3-1-24(17-26)36(55)46-33-6-7-34(49-48-33)52-11-9-23(10-12-52)22-50-13-15-51(16-14-50)25-2-4-28-29(18-25)39(58)53(38(28)57)32-5-8-35(54)47-37(32)56/h2,4,6-7,18-19,21,23-24,26,32H,1,3,5,8-17,22H2,(H,46,48,55)(H,47,54,56)/t24-,26-,32?/m0/s1. The first-order chi connectivity index (χ1) is 28.3. The first kappa shape index (κ1) is 39.7. The van der Waals surface area contributed by atoms with Crippen molar-refractivity contribution in [2.45, 2.75) is 63.3 Å². The maximum absolute atomic E-state index is 13.3. The van der Waals surface area contributed by atoms with Gasteiger partial charge in [0, 0.05) is 63.8 Å². The third kappa shape index (κ3) is 8.40. The number of aromatic nitrogens is 3. The van der Waals surface area contributed by atoms with Crippen LogP contribution in [0.3, 0.4) is 0 Å². The van der Waals surface area contributed by atoms with Crippen LogP contribution in [0.1, 0.15) is 76.9 Å². The molecule has 0 bridgehead atoms. The van der Waals surface area contributed by atoms with E-state index in [-0.39, 0.29) is 35.6 Å². The number of rotatable bonds is 9. The molecule has 59 heavy (non-hydrogen) atoms. The number of carbonyl (C=O) groups excluding carboxylic acids is 5. The molecule has 6 heterocycles. The van der Waals surface area contributed by atoms with E-state index in [4.69, 9.17) is 10.00 Å². The molecule has 1 saturated carbocycles. The van der Waals surface area contributed by atoms with Gasteiger partial charge in [-0.05, 0) is 80.8 Å². The molecule has 1 aliphatic carbocycles. The fraction of sp³-hybridized carbons (Fsp3) is 0.475. The maximum atomic E-state index is 13.3. The van der Waals surface area contributed by atoms with Crippen LogP contribution < -0.4 is 25.2 Å². The number of carbonyl (C=O) groups is 5. The Hall–Kier alpha value is -6.16. The van der Waals surface area contributed by atoms with E-state index < -0.39 is 59.1 Å². The van der Waals surface area contributed by atoms with E-state index in [2.05, 4.69) is 40.5 Å². The lowest BCUT2D eigenvalue weighted by Gasteiger charge is -2.39. The highest BCUT2D eigenvalue weighted by atomic mass is 19.4. The zero-order valence-corrected chi connectivity index (χ0v) is 31.9. The summed E-state index contributed by atoms with van der Waals surface area (Å²) in [7, 11) is 0. The Morgan fingerprint density at radius 3 is 2.36 bits per heavy atom.